The quantitative estimate of drug-likeness (QED) is 0.605. The molecule has 1 atom stereocenters. The Morgan fingerprint density at radius 1 is 1.39 bits per heavy atom. The zero-order valence-electron chi connectivity index (χ0n) is 10.3. The Bertz CT molecular complexity index is 361. The molecule has 0 radical (unpaired) electrons. The number of carbonyl (C=O) groups excluding carboxylic acids is 1. The second-order valence-corrected chi connectivity index (χ2v) is 4.12. The monoisotopic (exact) mass is 252 g/mol. The molecule has 1 aliphatic carbocycles. The fraction of sp³-hybridized carbons (Fsp3) is 0.667. The molecular weight excluding hydrogens is 236 g/mol. The van der Waals surface area contributed by atoms with Crippen molar-refractivity contribution < 1.29 is 19.4 Å². The summed E-state index contributed by atoms with van der Waals surface area (Å²) in [6.07, 6.45) is 5.71. The van der Waals surface area contributed by atoms with Crippen LogP contribution in [0.1, 0.15) is 39.0 Å². The van der Waals surface area contributed by atoms with Crippen molar-refractivity contribution in [3.63, 3.8) is 0 Å². The van der Waals surface area contributed by atoms with Gasteiger partial charge in [0.1, 0.15) is 0 Å². The van der Waals surface area contributed by atoms with Gasteiger partial charge in [-0.25, -0.2) is 0 Å². The van der Waals surface area contributed by atoms with Crippen LogP contribution in [0, 0.1) is 34.7 Å². The van der Waals surface area contributed by atoms with E-state index in [0.29, 0.717) is 5.92 Å². The number of nitrogens with zero attached hydrogens (tertiary/aromatic N) is 2. The minimum absolute atomic E-state index is 0.319. The van der Waals surface area contributed by atoms with E-state index >= 15 is 0 Å². The molecule has 1 saturated carbocycles. The lowest BCUT2D eigenvalue weighted by Crippen LogP contribution is -2.16. The molecule has 0 aliphatic heterocycles. The van der Waals surface area contributed by atoms with Gasteiger partial charge < -0.3 is 9.84 Å². The summed E-state index contributed by atoms with van der Waals surface area (Å²) in [4.78, 5) is 20.6. The first-order chi connectivity index (χ1) is 8.51. The number of hydrogen-bond donors (Lipinski definition) is 1. The highest BCUT2D eigenvalue weighted by Crippen LogP contribution is 2.23. The molecule has 0 amide bonds. The maximum atomic E-state index is 10.6. The van der Waals surface area contributed by atoms with E-state index in [2.05, 4.69) is 10.8 Å². The van der Waals surface area contributed by atoms with Gasteiger partial charge in [-0.1, -0.05) is 19.8 Å². The summed E-state index contributed by atoms with van der Waals surface area (Å²) in [6.45, 7) is 1.38. The number of aliphatic carboxylic acids is 1. The molecule has 0 aromatic heterocycles. The molecule has 0 heterocycles. The van der Waals surface area contributed by atoms with Crippen molar-refractivity contribution in [1.29, 1.82) is 10.5 Å². The predicted molar refractivity (Wildman–Crippen MR) is 60.7 cm³/mol. The molecular formula is C12H16N2O4. The Balaban J connectivity index is 0.000000351. The van der Waals surface area contributed by atoms with Crippen molar-refractivity contribution in [3.05, 3.63) is 0 Å². The van der Waals surface area contributed by atoms with Gasteiger partial charge in [-0.05, 0) is 12.8 Å². The van der Waals surface area contributed by atoms with E-state index in [-0.39, 0.29) is 6.42 Å². The summed E-state index contributed by atoms with van der Waals surface area (Å²) in [5, 5.41) is 24.4. The standard InChI is InChI=1S/C6H7NO4.C6H9N/c1-4(2-5(8)9)6(10)11-3-7;7-5-6-3-1-2-4-6/h4H,2H2,1H3,(H,8,9);6H,1-4H2. The van der Waals surface area contributed by atoms with Crippen LogP contribution in [0.15, 0.2) is 0 Å². The largest absolute Gasteiger partial charge is 0.481 e. The third-order valence-corrected chi connectivity index (χ3v) is 2.57. The van der Waals surface area contributed by atoms with Gasteiger partial charge in [-0.2, -0.15) is 5.26 Å². The smallest absolute Gasteiger partial charge is 0.325 e. The Morgan fingerprint density at radius 2 is 1.94 bits per heavy atom. The molecule has 0 bridgehead atoms. The van der Waals surface area contributed by atoms with Crippen LogP contribution < -0.4 is 0 Å². The summed E-state index contributed by atoms with van der Waals surface area (Å²) in [7, 11) is 0. The van der Waals surface area contributed by atoms with Gasteiger partial charge >= 0.3 is 11.9 Å². The maximum Gasteiger partial charge on any atom is 0.325 e. The fourth-order valence-electron chi connectivity index (χ4n) is 1.55. The number of carbonyl (C=O) groups is 2. The second-order valence-electron chi connectivity index (χ2n) is 4.12. The van der Waals surface area contributed by atoms with Crippen LogP contribution in [0.3, 0.4) is 0 Å². The molecule has 1 unspecified atom stereocenters. The number of ether oxygens (including phenoxy) is 1. The van der Waals surface area contributed by atoms with Crippen molar-refractivity contribution in [3.8, 4) is 12.3 Å². The number of carboxylic acids is 1. The van der Waals surface area contributed by atoms with Crippen molar-refractivity contribution in [2.45, 2.75) is 39.0 Å². The first-order valence-corrected chi connectivity index (χ1v) is 5.72. The van der Waals surface area contributed by atoms with Gasteiger partial charge in [0.25, 0.3) is 6.26 Å². The highest BCUT2D eigenvalue weighted by atomic mass is 16.5. The minimum atomic E-state index is -1.09. The van der Waals surface area contributed by atoms with E-state index in [1.165, 1.54) is 26.0 Å². The molecule has 1 rings (SSSR count). The molecule has 0 aromatic rings. The van der Waals surface area contributed by atoms with Crippen LogP contribution >= 0.6 is 0 Å². The molecule has 0 aromatic carbocycles. The first kappa shape index (κ1) is 15.9. The number of esters is 1. The van der Waals surface area contributed by atoms with Gasteiger partial charge in [-0.15, -0.1) is 5.26 Å². The van der Waals surface area contributed by atoms with E-state index in [1.807, 2.05) is 0 Å². The zero-order valence-corrected chi connectivity index (χ0v) is 10.3. The molecule has 0 spiro atoms. The van der Waals surface area contributed by atoms with Crippen LogP contribution in [0.4, 0.5) is 0 Å². The van der Waals surface area contributed by atoms with Crippen LogP contribution in [0.25, 0.3) is 0 Å². The van der Waals surface area contributed by atoms with Crippen LogP contribution in [0.5, 0.6) is 0 Å². The van der Waals surface area contributed by atoms with Crippen LogP contribution in [-0.2, 0) is 14.3 Å². The van der Waals surface area contributed by atoms with Gasteiger partial charge in [0.2, 0.25) is 0 Å². The molecule has 0 saturated heterocycles. The van der Waals surface area contributed by atoms with Gasteiger partial charge in [-0.3, -0.25) is 9.59 Å². The molecule has 6 heteroatoms. The normalized spacial score (nSPS) is 15.5. The van der Waals surface area contributed by atoms with Gasteiger partial charge in [0.15, 0.2) is 0 Å². The fourth-order valence-corrected chi connectivity index (χ4v) is 1.55. The number of carboxylic acid groups (broad SMARTS) is 1. The van der Waals surface area contributed by atoms with E-state index in [9.17, 15) is 9.59 Å². The lowest BCUT2D eigenvalue weighted by atomic mass is 10.1. The first-order valence-electron chi connectivity index (χ1n) is 5.72. The Morgan fingerprint density at radius 3 is 2.28 bits per heavy atom. The van der Waals surface area contributed by atoms with Gasteiger partial charge in [0, 0.05) is 5.92 Å². The van der Waals surface area contributed by atoms with Crippen molar-refractivity contribution in [2.75, 3.05) is 0 Å². The molecule has 1 N–H and O–H groups in total. The van der Waals surface area contributed by atoms with E-state index in [4.69, 9.17) is 15.6 Å². The lowest BCUT2D eigenvalue weighted by Gasteiger charge is -2.01. The van der Waals surface area contributed by atoms with Crippen molar-refractivity contribution in [1.82, 2.24) is 0 Å². The van der Waals surface area contributed by atoms with Crippen LogP contribution in [-0.4, -0.2) is 17.0 Å². The van der Waals surface area contributed by atoms with E-state index in [0.717, 1.165) is 12.8 Å². The topological polar surface area (TPSA) is 111 Å². The van der Waals surface area contributed by atoms with E-state index < -0.39 is 17.9 Å². The zero-order chi connectivity index (χ0) is 14.0. The summed E-state index contributed by atoms with van der Waals surface area (Å²) in [5.41, 5.74) is 0. The Hall–Kier alpha value is -2.08. The highest BCUT2D eigenvalue weighted by Gasteiger charge is 2.17. The lowest BCUT2D eigenvalue weighted by molar-refractivity contribution is -0.147. The number of rotatable bonds is 3. The maximum absolute atomic E-state index is 10.6. The molecule has 18 heavy (non-hydrogen) atoms. The molecule has 98 valence electrons. The SMILES string of the molecule is CC(CC(=O)O)C(=O)OC#N.N#CC1CCCC1. The Kier molecular flexibility index (Phi) is 7.96. The summed E-state index contributed by atoms with van der Waals surface area (Å²) in [5.74, 6) is -2.27. The number of hydrogen-bond acceptors (Lipinski definition) is 5. The Labute approximate surface area is 106 Å². The predicted octanol–water partition coefficient (Wildman–Crippen LogP) is 1.82. The molecule has 6 nitrogen and oxygen atoms in total. The summed E-state index contributed by atoms with van der Waals surface area (Å²) < 4.78 is 3.91. The van der Waals surface area contributed by atoms with Crippen molar-refractivity contribution >= 4 is 11.9 Å². The molecule has 1 aliphatic rings. The van der Waals surface area contributed by atoms with Crippen LogP contribution in [0.2, 0.25) is 0 Å². The van der Waals surface area contributed by atoms with Crippen molar-refractivity contribution in [2.24, 2.45) is 11.8 Å². The average molecular weight is 252 g/mol. The summed E-state index contributed by atoms with van der Waals surface area (Å²) >= 11 is 0. The van der Waals surface area contributed by atoms with E-state index in [1.54, 1.807) is 0 Å². The van der Waals surface area contributed by atoms with Gasteiger partial charge in [0.05, 0.1) is 18.4 Å². The summed E-state index contributed by atoms with van der Waals surface area (Å²) in [6, 6.07) is 2.26. The highest BCUT2D eigenvalue weighted by molar-refractivity contribution is 5.79. The third kappa shape index (κ3) is 7.24. The third-order valence-electron chi connectivity index (χ3n) is 2.57. The second kappa shape index (κ2) is 9.00. The molecule has 1 fully saturated rings. The minimum Gasteiger partial charge on any atom is -0.481 e. The number of nitriles is 2. The average Bonchev–Trinajstić information content (AvgIpc) is 2.82.